The van der Waals surface area contributed by atoms with E-state index in [4.69, 9.17) is 11.6 Å². The van der Waals surface area contributed by atoms with Crippen LogP contribution in [0.5, 0.6) is 0 Å². The molecule has 0 atom stereocenters. The number of nitrogens with zero attached hydrogens (tertiary/aromatic N) is 3. The van der Waals surface area contributed by atoms with Gasteiger partial charge in [-0.25, -0.2) is 9.97 Å². The summed E-state index contributed by atoms with van der Waals surface area (Å²) in [6, 6.07) is 16.6. The second-order valence-electron chi connectivity index (χ2n) is 6.52. The molecule has 2 aromatic carbocycles. The van der Waals surface area contributed by atoms with E-state index in [1.165, 1.54) is 0 Å². The molecule has 0 fully saturated rings. The number of anilines is 2. The molecule has 2 aromatic heterocycles. The molecule has 6 nitrogen and oxygen atoms in total. The maximum atomic E-state index is 12.7. The summed E-state index contributed by atoms with van der Waals surface area (Å²) in [7, 11) is 3.71. The van der Waals surface area contributed by atoms with Crippen molar-refractivity contribution < 1.29 is 4.79 Å². The summed E-state index contributed by atoms with van der Waals surface area (Å²) < 4.78 is 0. The number of fused-ring (bicyclic) bond motifs is 1. The van der Waals surface area contributed by atoms with Crippen molar-refractivity contribution in [3.05, 3.63) is 71.4 Å². The van der Waals surface area contributed by atoms with Gasteiger partial charge in [0.25, 0.3) is 5.91 Å². The molecule has 4 aromatic rings. The molecule has 0 spiro atoms. The maximum absolute atomic E-state index is 12.7. The highest BCUT2D eigenvalue weighted by Crippen LogP contribution is 2.28. The first-order valence-electron chi connectivity index (χ1n) is 8.71. The number of hydrogen-bond donors (Lipinski definition) is 2. The Balaban J connectivity index is 1.64. The molecule has 4 rings (SSSR count). The van der Waals surface area contributed by atoms with E-state index in [1.807, 2.05) is 61.5 Å². The largest absolute Gasteiger partial charge is 0.362 e. The van der Waals surface area contributed by atoms with Crippen LogP contribution in [0.4, 0.5) is 11.5 Å². The first-order valence-corrected chi connectivity index (χ1v) is 9.09. The van der Waals surface area contributed by atoms with Gasteiger partial charge in [-0.1, -0.05) is 23.7 Å². The number of hydrogen-bond acceptors (Lipinski definition) is 4. The van der Waals surface area contributed by atoms with Crippen molar-refractivity contribution in [2.45, 2.75) is 0 Å². The van der Waals surface area contributed by atoms with Crippen LogP contribution in [-0.2, 0) is 0 Å². The van der Waals surface area contributed by atoms with E-state index in [-0.39, 0.29) is 5.91 Å². The minimum absolute atomic E-state index is 0.220. The number of amides is 1. The summed E-state index contributed by atoms with van der Waals surface area (Å²) in [6.45, 7) is 0. The normalized spacial score (nSPS) is 10.8. The lowest BCUT2D eigenvalue weighted by Crippen LogP contribution is -2.19. The number of aromatic amines is 1. The van der Waals surface area contributed by atoms with Gasteiger partial charge in [0.1, 0.15) is 11.6 Å². The average molecular weight is 392 g/mol. The lowest BCUT2D eigenvalue weighted by Gasteiger charge is -2.15. The van der Waals surface area contributed by atoms with Crippen LogP contribution >= 0.6 is 11.6 Å². The van der Waals surface area contributed by atoms with E-state index in [1.54, 1.807) is 18.3 Å². The molecule has 0 radical (unpaired) electrons. The van der Waals surface area contributed by atoms with E-state index >= 15 is 0 Å². The molecule has 0 bridgehead atoms. The third-order valence-electron chi connectivity index (χ3n) is 4.32. The fourth-order valence-corrected chi connectivity index (χ4v) is 3.22. The SMILES string of the molecule is CN(C)c1ncccc1C(=O)Nc1ccc2nc(-c3ccccc3Cl)[nH]c2c1. The summed E-state index contributed by atoms with van der Waals surface area (Å²) in [5, 5.41) is 3.55. The summed E-state index contributed by atoms with van der Waals surface area (Å²) in [5.74, 6) is 1.08. The highest BCUT2D eigenvalue weighted by atomic mass is 35.5. The van der Waals surface area contributed by atoms with Crippen molar-refractivity contribution in [3.8, 4) is 11.4 Å². The van der Waals surface area contributed by atoms with Gasteiger partial charge in [0.2, 0.25) is 0 Å². The molecule has 1 amide bonds. The fourth-order valence-electron chi connectivity index (χ4n) is 3.00. The van der Waals surface area contributed by atoms with Crippen LogP contribution in [0.1, 0.15) is 10.4 Å². The topological polar surface area (TPSA) is 73.9 Å². The van der Waals surface area contributed by atoms with E-state index < -0.39 is 0 Å². The number of benzene rings is 2. The third kappa shape index (κ3) is 3.42. The van der Waals surface area contributed by atoms with Gasteiger partial charge in [0.15, 0.2) is 0 Å². The number of halogens is 1. The van der Waals surface area contributed by atoms with Crippen LogP contribution in [0.3, 0.4) is 0 Å². The molecule has 0 saturated carbocycles. The van der Waals surface area contributed by atoms with Crippen molar-refractivity contribution >= 4 is 40.0 Å². The Morgan fingerprint density at radius 2 is 1.93 bits per heavy atom. The van der Waals surface area contributed by atoms with Crippen molar-refractivity contribution in [2.24, 2.45) is 0 Å². The van der Waals surface area contributed by atoms with Crippen molar-refractivity contribution in [3.63, 3.8) is 0 Å². The molecule has 2 N–H and O–H groups in total. The summed E-state index contributed by atoms with van der Waals surface area (Å²) in [4.78, 5) is 26.7. The second kappa shape index (κ2) is 7.32. The zero-order valence-electron chi connectivity index (χ0n) is 15.4. The van der Waals surface area contributed by atoms with Crippen LogP contribution in [0.25, 0.3) is 22.4 Å². The Morgan fingerprint density at radius 1 is 1.11 bits per heavy atom. The van der Waals surface area contributed by atoms with Gasteiger partial charge in [-0.05, 0) is 42.5 Å². The molecule has 0 aliphatic heterocycles. The molecule has 28 heavy (non-hydrogen) atoms. The van der Waals surface area contributed by atoms with Gasteiger partial charge in [-0.3, -0.25) is 4.79 Å². The minimum atomic E-state index is -0.220. The molecule has 0 unspecified atom stereocenters. The quantitative estimate of drug-likeness (QED) is 0.533. The van der Waals surface area contributed by atoms with Crippen molar-refractivity contribution in [1.82, 2.24) is 15.0 Å². The Hall–Kier alpha value is -3.38. The fraction of sp³-hybridized carbons (Fsp3) is 0.0952. The zero-order chi connectivity index (χ0) is 19.7. The van der Waals surface area contributed by atoms with Gasteiger partial charge < -0.3 is 15.2 Å². The predicted octanol–water partition coefficient (Wildman–Crippen LogP) is 4.60. The van der Waals surface area contributed by atoms with Gasteiger partial charge in [0, 0.05) is 31.5 Å². The number of rotatable bonds is 4. The van der Waals surface area contributed by atoms with E-state index in [2.05, 4.69) is 20.3 Å². The number of carbonyl (C=O) groups is 1. The first kappa shape index (κ1) is 18.0. The number of imidazole rings is 1. The number of nitrogens with one attached hydrogen (secondary N) is 2. The molecule has 0 aliphatic rings. The number of pyridine rings is 1. The maximum Gasteiger partial charge on any atom is 0.259 e. The Bertz CT molecular complexity index is 1170. The smallest absolute Gasteiger partial charge is 0.259 e. The monoisotopic (exact) mass is 391 g/mol. The van der Waals surface area contributed by atoms with E-state index in [9.17, 15) is 4.79 Å². The summed E-state index contributed by atoms with van der Waals surface area (Å²) in [6.07, 6.45) is 1.67. The van der Waals surface area contributed by atoms with Crippen LogP contribution in [0.2, 0.25) is 5.02 Å². The number of carbonyl (C=O) groups excluding carboxylic acids is 1. The zero-order valence-corrected chi connectivity index (χ0v) is 16.2. The van der Waals surface area contributed by atoms with Gasteiger partial charge in [-0.15, -0.1) is 0 Å². The van der Waals surface area contributed by atoms with Crippen molar-refractivity contribution in [1.29, 1.82) is 0 Å². The predicted molar refractivity (Wildman–Crippen MR) is 113 cm³/mol. The third-order valence-corrected chi connectivity index (χ3v) is 4.65. The van der Waals surface area contributed by atoms with Crippen molar-refractivity contribution in [2.75, 3.05) is 24.3 Å². The Morgan fingerprint density at radius 3 is 2.71 bits per heavy atom. The average Bonchev–Trinajstić information content (AvgIpc) is 3.11. The molecule has 2 heterocycles. The van der Waals surface area contributed by atoms with Crippen LogP contribution in [0, 0.1) is 0 Å². The summed E-state index contributed by atoms with van der Waals surface area (Å²) >= 11 is 6.27. The molecule has 0 saturated heterocycles. The number of aromatic nitrogens is 3. The first-order chi connectivity index (χ1) is 13.5. The van der Waals surface area contributed by atoms with Gasteiger partial charge >= 0.3 is 0 Å². The van der Waals surface area contributed by atoms with E-state index in [0.717, 1.165) is 16.6 Å². The van der Waals surface area contributed by atoms with Crippen LogP contribution in [0.15, 0.2) is 60.8 Å². The molecule has 0 aliphatic carbocycles. The van der Waals surface area contributed by atoms with Crippen LogP contribution in [-0.4, -0.2) is 35.0 Å². The standard InChI is InChI=1S/C21H18ClN5O/c1-27(2)20-15(7-5-11-23-20)21(28)24-13-9-10-17-18(12-13)26-19(25-17)14-6-3-4-8-16(14)22/h3-12H,1-2H3,(H,24,28)(H,25,26). The minimum Gasteiger partial charge on any atom is -0.362 e. The van der Waals surface area contributed by atoms with E-state index in [0.29, 0.717) is 27.9 Å². The lowest BCUT2D eigenvalue weighted by atomic mass is 10.2. The van der Waals surface area contributed by atoms with Crippen LogP contribution < -0.4 is 10.2 Å². The second-order valence-corrected chi connectivity index (χ2v) is 6.93. The summed E-state index contributed by atoms with van der Waals surface area (Å²) in [5.41, 5.74) is 3.61. The highest BCUT2D eigenvalue weighted by molar-refractivity contribution is 6.33. The molecule has 7 heteroatoms. The molecular formula is C21H18ClN5O. The number of H-pyrrole nitrogens is 1. The lowest BCUT2D eigenvalue weighted by molar-refractivity contribution is 0.102. The van der Waals surface area contributed by atoms with Gasteiger partial charge in [0.05, 0.1) is 21.6 Å². The van der Waals surface area contributed by atoms with Gasteiger partial charge in [-0.2, -0.15) is 0 Å². The Labute approximate surface area is 167 Å². The molecule has 140 valence electrons. The highest BCUT2D eigenvalue weighted by Gasteiger charge is 2.15. The molecular weight excluding hydrogens is 374 g/mol. The Kier molecular flexibility index (Phi) is 4.71.